The summed E-state index contributed by atoms with van der Waals surface area (Å²) in [5, 5.41) is 3.55. The lowest BCUT2D eigenvalue weighted by molar-refractivity contribution is 0.634. The van der Waals surface area contributed by atoms with E-state index in [1.54, 1.807) is 0 Å². The van der Waals surface area contributed by atoms with Crippen molar-refractivity contribution in [3.05, 3.63) is 66.4 Å². The Kier molecular flexibility index (Phi) is 5.03. The average molecular weight is 418 g/mol. The Balaban J connectivity index is 1.40. The van der Waals surface area contributed by atoms with Gasteiger partial charge < -0.3 is 15.1 Å². The normalized spacial score (nSPS) is 17.7. The fourth-order valence-electron chi connectivity index (χ4n) is 4.11. The number of hydrogen-bond acceptors (Lipinski definition) is 6. The summed E-state index contributed by atoms with van der Waals surface area (Å²) in [6.07, 6.45) is 0.968. The van der Waals surface area contributed by atoms with Gasteiger partial charge in [-0.2, -0.15) is 4.98 Å². The second-order valence-electron chi connectivity index (χ2n) is 8.49. The lowest BCUT2D eigenvalue weighted by Crippen LogP contribution is -2.47. The highest BCUT2D eigenvalue weighted by Gasteiger charge is 2.34. The predicted octanol–water partition coefficient (Wildman–Crippen LogP) is 4.97. The van der Waals surface area contributed by atoms with Crippen molar-refractivity contribution >= 4 is 34.9 Å². The molecule has 0 bridgehead atoms. The Morgan fingerprint density at radius 3 is 2.17 bits per heavy atom. The molecule has 3 heterocycles. The molecule has 2 aliphatic rings. The zero-order chi connectivity index (χ0) is 20.6. The molecule has 1 aromatic heterocycles. The van der Waals surface area contributed by atoms with Crippen molar-refractivity contribution < 1.29 is 0 Å². The topological polar surface area (TPSA) is 44.3 Å². The van der Waals surface area contributed by atoms with Gasteiger partial charge >= 0.3 is 0 Å². The van der Waals surface area contributed by atoms with Gasteiger partial charge in [0.1, 0.15) is 5.82 Å². The molecule has 30 heavy (non-hydrogen) atoms. The molecule has 6 heteroatoms. The number of nitrogens with zero attached hydrogens (tertiary/aromatic N) is 4. The molecule has 0 aliphatic carbocycles. The molecule has 0 unspecified atom stereocenters. The molecule has 5 nitrogen and oxygen atoms in total. The molecule has 1 fully saturated rings. The van der Waals surface area contributed by atoms with E-state index >= 15 is 0 Å². The van der Waals surface area contributed by atoms with E-state index in [-0.39, 0.29) is 4.75 Å². The Bertz CT molecular complexity index is 1010. The first kappa shape index (κ1) is 19.2. The van der Waals surface area contributed by atoms with Crippen LogP contribution in [0.5, 0.6) is 0 Å². The van der Waals surface area contributed by atoms with Crippen LogP contribution in [0.2, 0.25) is 0 Å². The van der Waals surface area contributed by atoms with E-state index in [0.29, 0.717) is 0 Å². The standard InChI is InChI=1S/C24H27N5S/c1-24(2)17-20-21(30-24)22(25-18-9-5-3-6-10-18)27-23(26-20)29-15-13-28(14-16-29)19-11-7-4-8-12-19/h3-12H,13-17H2,1-2H3,(H,25,26,27). The maximum atomic E-state index is 5.01. The monoisotopic (exact) mass is 417 g/mol. The summed E-state index contributed by atoms with van der Waals surface area (Å²) >= 11 is 1.88. The summed E-state index contributed by atoms with van der Waals surface area (Å²) in [7, 11) is 0. The molecule has 5 rings (SSSR count). The fraction of sp³-hybridized carbons (Fsp3) is 0.333. The van der Waals surface area contributed by atoms with Gasteiger partial charge in [-0.05, 0) is 38.1 Å². The van der Waals surface area contributed by atoms with E-state index in [1.165, 1.54) is 16.3 Å². The number of rotatable bonds is 4. The van der Waals surface area contributed by atoms with Crippen LogP contribution in [-0.2, 0) is 6.42 Å². The Morgan fingerprint density at radius 1 is 0.833 bits per heavy atom. The largest absolute Gasteiger partial charge is 0.368 e. The SMILES string of the molecule is CC1(C)Cc2nc(N3CCN(c4ccccc4)CC3)nc(Nc3ccccc3)c2S1. The van der Waals surface area contributed by atoms with Crippen LogP contribution in [0.15, 0.2) is 65.6 Å². The van der Waals surface area contributed by atoms with E-state index in [9.17, 15) is 0 Å². The van der Waals surface area contributed by atoms with Gasteiger partial charge in [-0.25, -0.2) is 4.98 Å². The van der Waals surface area contributed by atoms with Crippen LogP contribution in [0.3, 0.4) is 0 Å². The van der Waals surface area contributed by atoms with E-state index < -0.39 is 0 Å². The number of anilines is 4. The van der Waals surface area contributed by atoms with Crippen LogP contribution in [0.4, 0.5) is 23.1 Å². The summed E-state index contributed by atoms with van der Waals surface area (Å²) in [6.45, 7) is 8.37. The molecule has 0 saturated carbocycles. The van der Waals surface area contributed by atoms with Crippen molar-refractivity contribution in [3.63, 3.8) is 0 Å². The number of benzene rings is 2. The third-order valence-electron chi connectivity index (χ3n) is 5.62. The number of nitrogens with one attached hydrogen (secondary N) is 1. The van der Waals surface area contributed by atoms with Crippen LogP contribution in [0.25, 0.3) is 0 Å². The molecule has 154 valence electrons. The Hall–Kier alpha value is -2.73. The van der Waals surface area contributed by atoms with Gasteiger partial charge in [0.25, 0.3) is 0 Å². The van der Waals surface area contributed by atoms with Crippen LogP contribution < -0.4 is 15.1 Å². The van der Waals surface area contributed by atoms with Crippen LogP contribution >= 0.6 is 11.8 Å². The van der Waals surface area contributed by atoms with Crippen molar-refractivity contribution in [1.29, 1.82) is 0 Å². The van der Waals surface area contributed by atoms with Crippen molar-refractivity contribution in [3.8, 4) is 0 Å². The second kappa shape index (κ2) is 7.84. The quantitative estimate of drug-likeness (QED) is 0.646. The van der Waals surface area contributed by atoms with E-state index in [4.69, 9.17) is 9.97 Å². The molecular weight excluding hydrogens is 390 g/mol. The predicted molar refractivity (Wildman–Crippen MR) is 126 cm³/mol. The summed E-state index contributed by atoms with van der Waals surface area (Å²) < 4.78 is 0.148. The number of thioether (sulfide) groups is 1. The Labute approximate surface area is 182 Å². The first-order valence-electron chi connectivity index (χ1n) is 10.5. The highest BCUT2D eigenvalue weighted by Crippen LogP contribution is 2.48. The van der Waals surface area contributed by atoms with Gasteiger partial charge in [0.15, 0.2) is 0 Å². The second-order valence-corrected chi connectivity index (χ2v) is 10.2. The minimum Gasteiger partial charge on any atom is -0.368 e. The molecular formula is C24H27N5S. The summed E-state index contributed by atoms with van der Waals surface area (Å²) in [5.74, 6) is 1.78. The first-order chi connectivity index (χ1) is 14.6. The van der Waals surface area contributed by atoms with Crippen molar-refractivity contribution in [2.24, 2.45) is 0 Å². The third-order valence-corrected chi connectivity index (χ3v) is 6.95. The van der Waals surface area contributed by atoms with Crippen LogP contribution in [0, 0.1) is 0 Å². The maximum absolute atomic E-state index is 5.01. The van der Waals surface area contributed by atoms with E-state index in [1.807, 2.05) is 30.0 Å². The summed E-state index contributed by atoms with van der Waals surface area (Å²) in [4.78, 5) is 16.0. The summed E-state index contributed by atoms with van der Waals surface area (Å²) in [6, 6.07) is 20.9. The molecule has 3 aromatic rings. The molecule has 1 N–H and O–H groups in total. The first-order valence-corrected chi connectivity index (χ1v) is 11.4. The Morgan fingerprint density at radius 2 is 1.47 bits per heavy atom. The van der Waals surface area contributed by atoms with Gasteiger partial charge in [-0.1, -0.05) is 36.4 Å². The minimum absolute atomic E-state index is 0.148. The lowest BCUT2D eigenvalue weighted by Gasteiger charge is -2.36. The molecule has 0 spiro atoms. The lowest BCUT2D eigenvalue weighted by atomic mass is 10.1. The van der Waals surface area contributed by atoms with E-state index in [0.717, 1.165) is 50.1 Å². The maximum Gasteiger partial charge on any atom is 0.227 e. The van der Waals surface area contributed by atoms with Gasteiger partial charge in [-0.3, -0.25) is 0 Å². The highest BCUT2D eigenvalue weighted by atomic mass is 32.2. The number of para-hydroxylation sites is 2. The molecule has 0 radical (unpaired) electrons. The summed E-state index contributed by atoms with van der Waals surface area (Å²) in [5.41, 5.74) is 3.51. The molecule has 0 amide bonds. The fourth-order valence-corrected chi connectivity index (χ4v) is 5.30. The van der Waals surface area contributed by atoms with Crippen molar-refractivity contribution in [2.45, 2.75) is 29.9 Å². The highest BCUT2D eigenvalue weighted by molar-refractivity contribution is 8.01. The van der Waals surface area contributed by atoms with Crippen LogP contribution in [-0.4, -0.2) is 40.9 Å². The van der Waals surface area contributed by atoms with Gasteiger partial charge in [0, 0.05) is 48.7 Å². The molecule has 1 saturated heterocycles. The van der Waals surface area contributed by atoms with Crippen LogP contribution in [0.1, 0.15) is 19.5 Å². The third kappa shape index (κ3) is 3.97. The molecule has 0 atom stereocenters. The number of piperazine rings is 1. The van der Waals surface area contributed by atoms with Gasteiger partial charge in [0.2, 0.25) is 5.95 Å². The van der Waals surface area contributed by atoms with Crippen molar-refractivity contribution in [2.75, 3.05) is 41.3 Å². The van der Waals surface area contributed by atoms with Crippen molar-refractivity contribution in [1.82, 2.24) is 9.97 Å². The number of hydrogen-bond donors (Lipinski definition) is 1. The number of aromatic nitrogens is 2. The minimum atomic E-state index is 0.148. The zero-order valence-electron chi connectivity index (χ0n) is 17.5. The van der Waals surface area contributed by atoms with Gasteiger partial charge in [0.05, 0.1) is 10.6 Å². The smallest absolute Gasteiger partial charge is 0.227 e. The molecule has 2 aliphatic heterocycles. The molecule has 2 aromatic carbocycles. The zero-order valence-corrected chi connectivity index (χ0v) is 18.3. The average Bonchev–Trinajstić information content (AvgIpc) is 3.09. The number of fused-ring (bicyclic) bond motifs is 1. The van der Waals surface area contributed by atoms with E-state index in [2.05, 4.69) is 71.4 Å². The van der Waals surface area contributed by atoms with Gasteiger partial charge in [-0.15, -0.1) is 11.8 Å².